The zero-order valence-electron chi connectivity index (χ0n) is 16.5. The first kappa shape index (κ1) is 21.2. The van der Waals surface area contributed by atoms with E-state index in [0.717, 1.165) is 11.6 Å². The third-order valence-electron chi connectivity index (χ3n) is 4.64. The summed E-state index contributed by atoms with van der Waals surface area (Å²) in [5.74, 6) is -1.03. The van der Waals surface area contributed by atoms with Crippen molar-refractivity contribution < 1.29 is 13.5 Å². The lowest BCUT2D eigenvalue weighted by Gasteiger charge is -2.19. The molecule has 0 saturated carbocycles. The highest BCUT2D eigenvalue weighted by molar-refractivity contribution is 9.10. The van der Waals surface area contributed by atoms with Crippen LogP contribution in [0.4, 0.5) is 8.78 Å². The average Bonchev–Trinajstić information content (AvgIpc) is 2.66. The Morgan fingerprint density at radius 3 is 2.34 bits per heavy atom. The van der Waals surface area contributed by atoms with Crippen molar-refractivity contribution >= 4 is 15.9 Å². The number of hydrogen-bond donors (Lipinski definition) is 0. The predicted octanol–water partition coefficient (Wildman–Crippen LogP) is 5.81. The highest BCUT2D eigenvalue weighted by Gasteiger charge is 2.14. The zero-order valence-corrected chi connectivity index (χ0v) is 18.1. The van der Waals surface area contributed by atoms with Gasteiger partial charge in [0.2, 0.25) is 0 Å². The molecule has 0 bridgehead atoms. The van der Waals surface area contributed by atoms with Crippen molar-refractivity contribution in [3.63, 3.8) is 0 Å². The minimum absolute atomic E-state index is 0.0708. The van der Waals surface area contributed by atoms with Crippen molar-refractivity contribution in [1.29, 1.82) is 0 Å². The van der Waals surface area contributed by atoms with E-state index in [0.29, 0.717) is 12.3 Å². The average molecular weight is 462 g/mol. The van der Waals surface area contributed by atoms with Crippen LogP contribution in [0.25, 0.3) is 0 Å². The van der Waals surface area contributed by atoms with Gasteiger partial charge < -0.3 is 9.30 Å². The molecule has 3 rings (SSSR count). The van der Waals surface area contributed by atoms with Gasteiger partial charge in [-0.2, -0.15) is 0 Å². The molecule has 0 spiro atoms. The molecule has 1 heterocycles. The van der Waals surface area contributed by atoms with Gasteiger partial charge in [-0.3, -0.25) is 4.79 Å². The van der Waals surface area contributed by atoms with E-state index in [2.05, 4.69) is 48.8 Å². The van der Waals surface area contributed by atoms with E-state index >= 15 is 0 Å². The molecule has 152 valence electrons. The molecule has 6 heteroatoms. The Labute approximate surface area is 177 Å². The van der Waals surface area contributed by atoms with Gasteiger partial charge in [0.1, 0.15) is 28.5 Å². The summed E-state index contributed by atoms with van der Waals surface area (Å²) in [6, 6.07) is 13.1. The van der Waals surface area contributed by atoms with Crippen molar-refractivity contribution in [2.45, 2.75) is 39.3 Å². The molecule has 2 aromatic carbocycles. The molecule has 0 N–H and O–H groups in total. The molecule has 1 aromatic heterocycles. The smallest absolute Gasteiger partial charge is 0.268 e. The largest absolute Gasteiger partial charge is 0.487 e. The zero-order chi connectivity index (χ0) is 21.2. The topological polar surface area (TPSA) is 31.2 Å². The second-order valence-electron chi connectivity index (χ2n) is 7.90. The summed E-state index contributed by atoms with van der Waals surface area (Å²) in [6.07, 6.45) is 1.64. The van der Waals surface area contributed by atoms with Crippen LogP contribution in [0.15, 0.2) is 64.0 Å². The Morgan fingerprint density at radius 1 is 1.03 bits per heavy atom. The van der Waals surface area contributed by atoms with Gasteiger partial charge in [-0.05, 0) is 50.7 Å². The van der Waals surface area contributed by atoms with Gasteiger partial charge in [-0.25, -0.2) is 8.78 Å². The Kier molecular flexibility index (Phi) is 6.22. The standard InChI is InChI=1S/C23H22BrF2NO2/c1-23(2,3)17-7-4-15(5-8-17)13-27-11-10-20(21(24)22(27)28)29-14-16-6-9-18(25)12-19(16)26/h4-12H,13-14H2,1-3H3. The SMILES string of the molecule is CC(C)(C)c1ccc(Cn2ccc(OCc3ccc(F)cc3F)c(Br)c2=O)cc1. The lowest BCUT2D eigenvalue weighted by molar-refractivity contribution is 0.296. The number of rotatable bonds is 5. The minimum Gasteiger partial charge on any atom is -0.487 e. The van der Waals surface area contributed by atoms with Gasteiger partial charge in [-0.1, -0.05) is 45.0 Å². The van der Waals surface area contributed by atoms with Crippen LogP contribution in [0, 0.1) is 11.6 Å². The van der Waals surface area contributed by atoms with Crippen LogP contribution in [0.1, 0.15) is 37.5 Å². The number of halogens is 3. The summed E-state index contributed by atoms with van der Waals surface area (Å²) in [6.45, 7) is 6.78. The lowest BCUT2D eigenvalue weighted by Crippen LogP contribution is -2.21. The highest BCUT2D eigenvalue weighted by Crippen LogP contribution is 2.24. The van der Waals surface area contributed by atoms with Crippen molar-refractivity contribution in [3.05, 3.63) is 97.9 Å². The maximum Gasteiger partial charge on any atom is 0.268 e. The Morgan fingerprint density at radius 2 is 1.72 bits per heavy atom. The van der Waals surface area contributed by atoms with Crippen molar-refractivity contribution in [3.8, 4) is 5.75 Å². The highest BCUT2D eigenvalue weighted by atomic mass is 79.9. The van der Waals surface area contributed by atoms with Gasteiger partial charge in [0.25, 0.3) is 5.56 Å². The molecular weight excluding hydrogens is 440 g/mol. The van der Waals surface area contributed by atoms with Gasteiger partial charge in [-0.15, -0.1) is 0 Å². The van der Waals surface area contributed by atoms with E-state index in [1.807, 2.05) is 12.1 Å². The van der Waals surface area contributed by atoms with Crippen LogP contribution < -0.4 is 10.3 Å². The molecule has 3 aromatic rings. The van der Waals surface area contributed by atoms with E-state index in [1.165, 1.54) is 17.7 Å². The van der Waals surface area contributed by atoms with Crippen molar-refractivity contribution in [2.75, 3.05) is 0 Å². The lowest BCUT2D eigenvalue weighted by atomic mass is 9.87. The summed E-state index contributed by atoms with van der Waals surface area (Å²) >= 11 is 3.27. The first-order chi connectivity index (χ1) is 13.6. The third-order valence-corrected chi connectivity index (χ3v) is 5.37. The molecule has 0 aliphatic carbocycles. The first-order valence-electron chi connectivity index (χ1n) is 9.20. The molecule has 0 aliphatic rings. The van der Waals surface area contributed by atoms with Crippen molar-refractivity contribution in [2.24, 2.45) is 0 Å². The van der Waals surface area contributed by atoms with E-state index in [4.69, 9.17) is 4.74 Å². The second kappa shape index (κ2) is 8.49. The Hall–Kier alpha value is -2.47. The maximum atomic E-state index is 13.7. The molecule has 0 saturated heterocycles. The summed E-state index contributed by atoms with van der Waals surface area (Å²) in [5.41, 5.74) is 2.27. The Balaban J connectivity index is 1.74. The summed E-state index contributed by atoms with van der Waals surface area (Å²) in [7, 11) is 0. The Bertz CT molecular complexity index is 1070. The molecule has 3 nitrogen and oxygen atoms in total. The van der Waals surface area contributed by atoms with Crippen LogP contribution in [0.3, 0.4) is 0 Å². The van der Waals surface area contributed by atoms with E-state index in [1.54, 1.807) is 16.8 Å². The summed E-state index contributed by atoms with van der Waals surface area (Å²) in [5, 5.41) is 0. The number of pyridine rings is 1. The molecule has 0 amide bonds. The van der Waals surface area contributed by atoms with Crippen LogP contribution in [0.2, 0.25) is 0 Å². The number of ether oxygens (including phenoxy) is 1. The van der Waals surface area contributed by atoms with Crippen LogP contribution in [-0.2, 0) is 18.6 Å². The predicted molar refractivity (Wildman–Crippen MR) is 113 cm³/mol. The fourth-order valence-electron chi connectivity index (χ4n) is 2.87. The molecule has 0 aliphatic heterocycles. The number of hydrogen-bond acceptors (Lipinski definition) is 2. The molecule has 0 unspecified atom stereocenters. The first-order valence-corrected chi connectivity index (χ1v) is 9.99. The van der Waals surface area contributed by atoms with Crippen LogP contribution in [-0.4, -0.2) is 4.57 Å². The van der Waals surface area contributed by atoms with Gasteiger partial charge in [0.15, 0.2) is 0 Å². The molecule has 0 radical (unpaired) electrons. The third kappa shape index (κ3) is 5.12. The minimum atomic E-state index is -0.687. The number of benzene rings is 2. The quantitative estimate of drug-likeness (QED) is 0.479. The fourth-order valence-corrected chi connectivity index (χ4v) is 3.34. The van der Waals surface area contributed by atoms with Gasteiger partial charge in [0.05, 0.1) is 6.54 Å². The molecule has 0 atom stereocenters. The molecular formula is C23H22BrF2NO2. The normalized spacial score (nSPS) is 11.5. The number of nitrogens with zero attached hydrogens (tertiary/aromatic N) is 1. The van der Waals surface area contributed by atoms with Crippen LogP contribution >= 0.6 is 15.9 Å². The number of aromatic nitrogens is 1. The second-order valence-corrected chi connectivity index (χ2v) is 8.69. The van der Waals surface area contributed by atoms with Crippen LogP contribution in [0.5, 0.6) is 5.75 Å². The van der Waals surface area contributed by atoms with E-state index in [9.17, 15) is 13.6 Å². The van der Waals surface area contributed by atoms with Gasteiger partial charge in [0, 0.05) is 17.8 Å². The van der Waals surface area contributed by atoms with E-state index in [-0.39, 0.29) is 27.6 Å². The van der Waals surface area contributed by atoms with Gasteiger partial charge >= 0.3 is 0 Å². The monoisotopic (exact) mass is 461 g/mol. The summed E-state index contributed by atoms with van der Waals surface area (Å²) in [4.78, 5) is 12.7. The fraction of sp³-hybridized carbons (Fsp3) is 0.261. The maximum absolute atomic E-state index is 13.7. The van der Waals surface area contributed by atoms with Crippen molar-refractivity contribution in [1.82, 2.24) is 4.57 Å². The molecule has 0 fully saturated rings. The molecule has 29 heavy (non-hydrogen) atoms. The van der Waals surface area contributed by atoms with E-state index < -0.39 is 11.6 Å². The summed E-state index contributed by atoms with van der Waals surface area (Å²) < 4.78 is 34.1.